The number of amides is 1. The lowest BCUT2D eigenvalue weighted by Gasteiger charge is -2.13. The SMILES string of the molecule is CC(=O)c1ccc(NC(=O)CSc2nc(-c3ccc(C)cc3)cc(-c3ccccc3)c2C#N)cc1. The maximum absolute atomic E-state index is 12.6. The number of nitrogens with zero attached hydrogens (tertiary/aromatic N) is 2. The maximum atomic E-state index is 12.6. The number of pyridine rings is 1. The van der Waals surface area contributed by atoms with Crippen LogP contribution in [0.2, 0.25) is 0 Å². The number of carbonyl (C=O) groups excluding carboxylic acids is 2. The van der Waals surface area contributed by atoms with Crippen molar-refractivity contribution in [1.82, 2.24) is 4.98 Å². The third-order valence-electron chi connectivity index (χ3n) is 5.45. The first-order valence-corrected chi connectivity index (χ1v) is 12.0. The van der Waals surface area contributed by atoms with E-state index in [1.165, 1.54) is 18.7 Å². The summed E-state index contributed by atoms with van der Waals surface area (Å²) < 4.78 is 0. The zero-order valence-electron chi connectivity index (χ0n) is 19.4. The quantitative estimate of drug-likeness (QED) is 0.242. The largest absolute Gasteiger partial charge is 0.325 e. The van der Waals surface area contributed by atoms with Crippen molar-refractivity contribution >= 4 is 29.1 Å². The van der Waals surface area contributed by atoms with Crippen molar-refractivity contribution in [3.05, 3.63) is 102 Å². The van der Waals surface area contributed by atoms with E-state index in [0.717, 1.165) is 27.9 Å². The number of benzene rings is 3. The molecular formula is C29H23N3O2S. The van der Waals surface area contributed by atoms with Crippen molar-refractivity contribution in [2.75, 3.05) is 11.1 Å². The molecule has 1 amide bonds. The molecule has 1 aromatic heterocycles. The topological polar surface area (TPSA) is 82.8 Å². The Balaban J connectivity index is 1.63. The summed E-state index contributed by atoms with van der Waals surface area (Å²) in [5, 5.41) is 13.3. The van der Waals surface area contributed by atoms with Crippen LogP contribution in [0.4, 0.5) is 5.69 Å². The molecule has 0 saturated carbocycles. The van der Waals surface area contributed by atoms with Crippen molar-refractivity contribution < 1.29 is 9.59 Å². The zero-order valence-corrected chi connectivity index (χ0v) is 20.2. The highest BCUT2D eigenvalue weighted by Crippen LogP contribution is 2.34. The Morgan fingerprint density at radius 2 is 1.63 bits per heavy atom. The maximum Gasteiger partial charge on any atom is 0.234 e. The Kier molecular flexibility index (Phi) is 7.39. The van der Waals surface area contributed by atoms with Gasteiger partial charge in [-0.1, -0.05) is 71.9 Å². The average molecular weight is 478 g/mol. The normalized spacial score (nSPS) is 10.4. The summed E-state index contributed by atoms with van der Waals surface area (Å²) in [6, 6.07) is 28.7. The number of carbonyl (C=O) groups is 2. The molecule has 0 aliphatic rings. The minimum absolute atomic E-state index is 0.0313. The molecule has 1 N–H and O–H groups in total. The number of anilines is 1. The number of rotatable bonds is 7. The number of aryl methyl sites for hydroxylation is 1. The van der Waals surface area contributed by atoms with Gasteiger partial charge < -0.3 is 5.32 Å². The molecule has 1 heterocycles. The van der Waals surface area contributed by atoms with E-state index < -0.39 is 0 Å². The molecule has 0 unspecified atom stereocenters. The van der Waals surface area contributed by atoms with Gasteiger partial charge in [0.25, 0.3) is 0 Å². The van der Waals surface area contributed by atoms with Gasteiger partial charge in [-0.2, -0.15) is 5.26 Å². The Hall–Kier alpha value is -4.21. The molecule has 3 aromatic carbocycles. The van der Waals surface area contributed by atoms with E-state index in [1.807, 2.05) is 67.6 Å². The molecule has 0 fully saturated rings. The minimum Gasteiger partial charge on any atom is -0.325 e. The fraction of sp³-hybridized carbons (Fsp3) is 0.103. The standard InChI is InChI=1S/C29H23N3O2S/c1-19-8-10-23(11-9-19)27-16-25(22-6-4-3-5-7-22)26(17-30)29(32-27)35-18-28(34)31-24-14-12-21(13-15-24)20(2)33/h3-16H,18H2,1-2H3,(H,31,34). The monoisotopic (exact) mass is 477 g/mol. The number of nitrogens with one attached hydrogen (secondary N) is 1. The lowest BCUT2D eigenvalue weighted by atomic mass is 9.99. The molecule has 4 rings (SSSR count). The number of Topliss-reactive ketones (excluding diaryl/α,β-unsaturated/α-hetero) is 1. The predicted molar refractivity (Wildman–Crippen MR) is 140 cm³/mol. The first-order chi connectivity index (χ1) is 16.9. The minimum atomic E-state index is -0.224. The van der Waals surface area contributed by atoms with Crippen molar-refractivity contribution in [2.45, 2.75) is 18.9 Å². The van der Waals surface area contributed by atoms with E-state index in [4.69, 9.17) is 4.98 Å². The van der Waals surface area contributed by atoms with Crippen molar-refractivity contribution in [3.8, 4) is 28.5 Å². The lowest BCUT2D eigenvalue weighted by Crippen LogP contribution is -2.14. The van der Waals surface area contributed by atoms with Crippen LogP contribution >= 0.6 is 11.8 Å². The van der Waals surface area contributed by atoms with Crippen molar-refractivity contribution in [3.63, 3.8) is 0 Å². The summed E-state index contributed by atoms with van der Waals surface area (Å²) in [7, 11) is 0. The molecule has 0 bridgehead atoms. The predicted octanol–water partition coefficient (Wildman–Crippen LogP) is 6.53. The van der Waals surface area contributed by atoms with Crippen LogP contribution in [-0.4, -0.2) is 22.4 Å². The van der Waals surface area contributed by atoms with Crippen LogP contribution in [0.5, 0.6) is 0 Å². The van der Waals surface area contributed by atoms with Crippen molar-refractivity contribution in [1.29, 1.82) is 5.26 Å². The highest BCUT2D eigenvalue weighted by molar-refractivity contribution is 8.00. The Labute approximate surface area is 208 Å². The van der Waals surface area contributed by atoms with Crippen LogP contribution < -0.4 is 5.32 Å². The number of aromatic nitrogens is 1. The molecule has 5 nitrogen and oxygen atoms in total. The first-order valence-electron chi connectivity index (χ1n) is 11.1. The molecule has 0 saturated heterocycles. The molecule has 35 heavy (non-hydrogen) atoms. The van der Waals surface area contributed by atoms with E-state index in [9.17, 15) is 14.9 Å². The third-order valence-corrected chi connectivity index (χ3v) is 6.42. The molecule has 0 atom stereocenters. The summed E-state index contributed by atoms with van der Waals surface area (Å²) in [5.74, 6) is -0.170. The summed E-state index contributed by atoms with van der Waals surface area (Å²) in [4.78, 5) is 28.9. The number of hydrogen-bond acceptors (Lipinski definition) is 5. The van der Waals surface area contributed by atoms with E-state index in [1.54, 1.807) is 24.3 Å². The van der Waals surface area contributed by atoms with Gasteiger partial charge in [-0.15, -0.1) is 0 Å². The summed E-state index contributed by atoms with van der Waals surface area (Å²) in [6.07, 6.45) is 0. The van der Waals surface area contributed by atoms with Gasteiger partial charge in [0.05, 0.1) is 17.0 Å². The number of nitriles is 1. The highest BCUT2D eigenvalue weighted by atomic mass is 32.2. The second kappa shape index (κ2) is 10.8. The Morgan fingerprint density at radius 1 is 0.943 bits per heavy atom. The van der Waals surface area contributed by atoms with E-state index in [0.29, 0.717) is 21.8 Å². The molecule has 0 radical (unpaired) electrons. The smallest absolute Gasteiger partial charge is 0.234 e. The van der Waals surface area contributed by atoms with Gasteiger partial charge in [0.2, 0.25) is 5.91 Å². The molecule has 0 spiro atoms. The fourth-order valence-electron chi connectivity index (χ4n) is 3.57. The molecule has 6 heteroatoms. The molecule has 0 aliphatic heterocycles. The van der Waals surface area contributed by atoms with Crippen LogP contribution in [0.15, 0.2) is 90.0 Å². The summed E-state index contributed by atoms with van der Waals surface area (Å²) in [6.45, 7) is 3.53. The molecule has 172 valence electrons. The van der Waals surface area contributed by atoms with Crippen molar-refractivity contribution in [2.24, 2.45) is 0 Å². The number of hydrogen-bond donors (Lipinski definition) is 1. The van der Waals surface area contributed by atoms with E-state index >= 15 is 0 Å². The zero-order chi connectivity index (χ0) is 24.8. The van der Waals surface area contributed by atoms with Crippen LogP contribution in [-0.2, 0) is 4.79 Å². The summed E-state index contributed by atoms with van der Waals surface area (Å²) >= 11 is 1.23. The summed E-state index contributed by atoms with van der Waals surface area (Å²) in [5.41, 5.74) is 6.15. The molecule has 4 aromatic rings. The highest BCUT2D eigenvalue weighted by Gasteiger charge is 2.17. The number of ketones is 1. The first kappa shape index (κ1) is 23.9. The molecular weight excluding hydrogens is 454 g/mol. The Morgan fingerprint density at radius 3 is 2.26 bits per heavy atom. The van der Waals surface area contributed by atoms with Gasteiger partial charge in [-0.05, 0) is 49.7 Å². The van der Waals surface area contributed by atoms with Crippen LogP contribution in [0.3, 0.4) is 0 Å². The lowest BCUT2D eigenvalue weighted by molar-refractivity contribution is -0.113. The van der Waals surface area contributed by atoms with E-state index in [2.05, 4.69) is 11.4 Å². The Bertz CT molecular complexity index is 1410. The fourth-order valence-corrected chi connectivity index (χ4v) is 4.37. The second-order valence-electron chi connectivity index (χ2n) is 8.05. The third kappa shape index (κ3) is 5.84. The van der Waals surface area contributed by atoms with Gasteiger partial charge in [0, 0.05) is 22.4 Å². The van der Waals surface area contributed by atoms with Gasteiger partial charge in [-0.25, -0.2) is 4.98 Å². The molecule has 0 aliphatic carbocycles. The van der Waals surface area contributed by atoms with Crippen LogP contribution in [0.1, 0.15) is 28.4 Å². The number of thioether (sulfide) groups is 1. The van der Waals surface area contributed by atoms with Gasteiger partial charge >= 0.3 is 0 Å². The van der Waals surface area contributed by atoms with Crippen LogP contribution in [0.25, 0.3) is 22.4 Å². The van der Waals surface area contributed by atoms with E-state index in [-0.39, 0.29) is 17.4 Å². The van der Waals surface area contributed by atoms with Gasteiger partial charge in [0.1, 0.15) is 11.1 Å². The average Bonchev–Trinajstić information content (AvgIpc) is 2.88. The van der Waals surface area contributed by atoms with Crippen LogP contribution in [0, 0.1) is 18.3 Å². The van der Waals surface area contributed by atoms with Gasteiger partial charge in [0.15, 0.2) is 5.78 Å². The second-order valence-corrected chi connectivity index (χ2v) is 9.01. The van der Waals surface area contributed by atoms with Gasteiger partial charge in [-0.3, -0.25) is 9.59 Å².